The van der Waals surface area contributed by atoms with Crippen molar-refractivity contribution in [2.45, 2.75) is 26.4 Å². The SMILES string of the molecule is CN=P(N=P(C)(C(=O)OCc1ccccc1)C(=O)OCc1ccccc1)(C(=O)OCc1ccccc1)C(=O)OCc1ccccc1. The van der Waals surface area contributed by atoms with Crippen LogP contribution in [0.25, 0.3) is 0 Å². The van der Waals surface area contributed by atoms with Crippen LogP contribution in [0.3, 0.4) is 0 Å². The van der Waals surface area contributed by atoms with E-state index in [2.05, 4.69) is 9.26 Å². The summed E-state index contributed by atoms with van der Waals surface area (Å²) in [7, 11) is -7.28. The van der Waals surface area contributed by atoms with E-state index in [4.69, 9.17) is 18.9 Å². The highest BCUT2D eigenvalue weighted by Gasteiger charge is 2.47. The van der Waals surface area contributed by atoms with Crippen molar-refractivity contribution in [1.82, 2.24) is 0 Å². The lowest BCUT2D eigenvalue weighted by atomic mass is 10.2. The Morgan fingerprint density at radius 2 is 0.739 bits per heavy atom. The van der Waals surface area contributed by atoms with Gasteiger partial charge in [-0.15, -0.1) is 0 Å². The van der Waals surface area contributed by atoms with Crippen LogP contribution >= 0.6 is 14.3 Å². The van der Waals surface area contributed by atoms with Crippen LogP contribution in [0.2, 0.25) is 0 Å². The van der Waals surface area contributed by atoms with Crippen LogP contribution in [-0.2, 0) is 45.4 Å². The molecule has 0 atom stereocenters. The molecular weight excluding hydrogens is 626 g/mol. The van der Waals surface area contributed by atoms with Crippen molar-refractivity contribution >= 4 is 37.1 Å². The van der Waals surface area contributed by atoms with Crippen LogP contribution < -0.4 is 0 Å². The molecule has 4 aromatic carbocycles. The second kappa shape index (κ2) is 16.5. The molecule has 238 valence electrons. The van der Waals surface area contributed by atoms with Gasteiger partial charge in [-0.1, -0.05) is 121 Å². The third-order valence-electron chi connectivity index (χ3n) is 6.64. The minimum atomic E-state index is -4.38. The monoisotopic (exact) mass is 660 g/mol. The number of carbonyl (C=O) groups is 4. The van der Waals surface area contributed by atoms with E-state index < -0.39 is 37.1 Å². The van der Waals surface area contributed by atoms with Crippen molar-refractivity contribution < 1.29 is 38.1 Å². The summed E-state index contributed by atoms with van der Waals surface area (Å²) in [5, 5.41) is 0. The third-order valence-corrected chi connectivity index (χ3v) is 12.6. The molecule has 0 bridgehead atoms. The second-order valence-corrected chi connectivity index (χ2v) is 15.7. The molecule has 12 heteroatoms. The lowest BCUT2D eigenvalue weighted by molar-refractivity contribution is 0.159. The molecule has 0 saturated carbocycles. The molecule has 0 heterocycles. The molecule has 0 aliphatic carbocycles. The van der Waals surface area contributed by atoms with Crippen LogP contribution in [0.5, 0.6) is 0 Å². The molecule has 0 amide bonds. The third kappa shape index (κ3) is 8.90. The van der Waals surface area contributed by atoms with Crippen molar-refractivity contribution in [2.75, 3.05) is 13.7 Å². The Hall–Kier alpha value is -4.78. The Balaban J connectivity index is 1.75. The van der Waals surface area contributed by atoms with Crippen molar-refractivity contribution in [3.8, 4) is 0 Å². The number of benzene rings is 4. The van der Waals surface area contributed by atoms with Gasteiger partial charge in [0.05, 0.1) is 0 Å². The van der Waals surface area contributed by atoms with Crippen molar-refractivity contribution in [3.63, 3.8) is 0 Å². The summed E-state index contributed by atoms with van der Waals surface area (Å²) >= 11 is 0. The molecule has 10 nitrogen and oxygen atoms in total. The van der Waals surface area contributed by atoms with Crippen molar-refractivity contribution in [1.29, 1.82) is 0 Å². The lowest BCUT2D eigenvalue weighted by Crippen LogP contribution is -2.16. The summed E-state index contributed by atoms with van der Waals surface area (Å²) in [4.78, 5) is 55.3. The van der Waals surface area contributed by atoms with E-state index in [9.17, 15) is 19.2 Å². The Labute approximate surface area is 267 Å². The molecule has 4 rings (SSSR count). The number of rotatable bonds is 13. The minimum absolute atomic E-state index is 0.178. The second-order valence-electron chi connectivity index (χ2n) is 10.0. The minimum Gasteiger partial charge on any atom is -0.456 e. The van der Waals surface area contributed by atoms with E-state index in [0.29, 0.717) is 22.3 Å². The molecule has 0 unspecified atom stereocenters. The highest BCUT2D eigenvalue weighted by Crippen LogP contribution is 2.65. The van der Waals surface area contributed by atoms with Gasteiger partial charge in [0, 0.05) is 7.05 Å². The normalized spacial score (nSPS) is 11.1. The van der Waals surface area contributed by atoms with Gasteiger partial charge in [-0.2, -0.15) is 0 Å². The van der Waals surface area contributed by atoms with Gasteiger partial charge in [-0.05, 0) is 28.9 Å². The molecule has 46 heavy (non-hydrogen) atoms. The first-order valence-electron chi connectivity index (χ1n) is 14.2. The van der Waals surface area contributed by atoms with Gasteiger partial charge < -0.3 is 18.9 Å². The van der Waals surface area contributed by atoms with E-state index in [1.807, 2.05) is 12.1 Å². The van der Waals surface area contributed by atoms with Gasteiger partial charge in [-0.3, -0.25) is 4.74 Å². The Morgan fingerprint density at radius 1 is 0.478 bits per heavy atom. The summed E-state index contributed by atoms with van der Waals surface area (Å²) in [5.41, 5.74) is -1.70. The fraction of sp³-hybridized carbons (Fsp3) is 0.176. The zero-order valence-corrected chi connectivity index (χ0v) is 27.2. The zero-order chi connectivity index (χ0) is 32.8. The number of hydrogen-bond acceptors (Lipinski definition) is 9. The highest BCUT2D eigenvalue weighted by molar-refractivity contribution is 8.04. The maximum absolute atomic E-state index is 13.9. The van der Waals surface area contributed by atoms with E-state index in [1.54, 1.807) is 109 Å². The zero-order valence-electron chi connectivity index (χ0n) is 25.4. The summed E-state index contributed by atoms with van der Waals surface area (Å²) in [6.07, 6.45) is 0. The first kappa shape index (κ1) is 34.1. The predicted octanol–water partition coefficient (Wildman–Crippen LogP) is 9.91. The van der Waals surface area contributed by atoms with Gasteiger partial charge in [-0.25, -0.2) is 23.7 Å². The molecule has 0 radical (unpaired) electrons. The fourth-order valence-electron chi connectivity index (χ4n) is 4.07. The maximum atomic E-state index is 13.9. The first-order chi connectivity index (χ1) is 22.3. The number of hydrogen-bond donors (Lipinski definition) is 0. The smallest absolute Gasteiger partial charge is 0.376 e. The average Bonchev–Trinajstić information content (AvgIpc) is 3.11. The molecule has 0 spiro atoms. The maximum Gasteiger partial charge on any atom is 0.376 e. The topological polar surface area (TPSA) is 130 Å². The van der Waals surface area contributed by atoms with Gasteiger partial charge in [0.25, 0.3) is 7.21 Å². The number of ether oxygens (including phenoxy) is 4. The number of nitrogens with zero attached hydrogens (tertiary/aromatic N) is 2. The first-order valence-corrected chi connectivity index (χ1v) is 18.1. The largest absolute Gasteiger partial charge is 0.456 e. The standard InChI is InChI=1S/C34H34N2O8P2/c1-35-46(33(39)43-25-29-19-11-5-12-20-29,34(40)44-26-30-21-13-6-14-22-30)36-45(2,31(37)41-23-27-15-7-3-8-16-27)32(38)42-24-28-17-9-4-10-18-28/h3-22H,23-26H2,1-2H3. The van der Waals surface area contributed by atoms with Gasteiger partial charge in [0.2, 0.25) is 0 Å². The molecule has 0 aliphatic heterocycles. The Morgan fingerprint density at radius 3 is 1.00 bits per heavy atom. The highest BCUT2D eigenvalue weighted by atomic mass is 31.2. The quantitative estimate of drug-likeness (QED) is 0.102. The van der Waals surface area contributed by atoms with Gasteiger partial charge in [0.1, 0.15) is 26.4 Å². The van der Waals surface area contributed by atoms with Crippen LogP contribution in [0.15, 0.2) is 131 Å². The van der Waals surface area contributed by atoms with Crippen molar-refractivity contribution in [3.05, 3.63) is 144 Å². The van der Waals surface area contributed by atoms with Crippen LogP contribution in [0.1, 0.15) is 22.3 Å². The molecule has 0 fully saturated rings. The van der Waals surface area contributed by atoms with Crippen LogP contribution in [0.4, 0.5) is 19.2 Å². The summed E-state index contributed by atoms with van der Waals surface area (Å²) in [6.45, 7) is 0.474. The van der Waals surface area contributed by atoms with Gasteiger partial charge >= 0.3 is 22.8 Å². The van der Waals surface area contributed by atoms with Crippen molar-refractivity contribution in [2.24, 2.45) is 9.26 Å². The van der Waals surface area contributed by atoms with E-state index >= 15 is 0 Å². The molecule has 0 aliphatic rings. The summed E-state index contributed by atoms with van der Waals surface area (Å²) in [5.74, 6) is 0. The fourth-order valence-corrected chi connectivity index (χ4v) is 9.37. The lowest BCUT2D eigenvalue weighted by Gasteiger charge is -2.23. The molecule has 0 aromatic heterocycles. The Bertz CT molecular complexity index is 1630. The summed E-state index contributed by atoms with van der Waals surface area (Å²) in [6, 6.07) is 35.3. The molecule has 0 saturated heterocycles. The number of carbonyl (C=O) groups excluding carboxylic acids is 4. The van der Waals surface area contributed by atoms with Crippen LogP contribution in [-0.4, -0.2) is 36.6 Å². The van der Waals surface area contributed by atoms with E-state index in [-0.39, 0.29) is 26.4 Å². The van der Waals surface area contributed by atoms with E-state index in [1.165, 1.54) is 13.7 Å². The molecule has 0 N–H and O–H groups in total. The predicted molar refractivity (Wildman–Crippen MR) is 177 cm³/mol. The molecule has 4 aromatic rings. The van der Waals surface area contributed by atoms with Crippen LogP contribution in [0, 0.1) is 0 Å². The molecular formula is C34H34N2O8P2. The Kier molecular flexibility index (Phi) is 12.2. The summed E-state index contributed by atoms with van der Waals surface area (Å²) < 4.78 is 30.8. The average molecular weight is 661 g/mol. The van der Waals surface area contributed by atoms with E-state index in [0.717, 1.165) is 0 Å². The van der Waals surface area contributed by atoms with Gasteiger partial charge in [0.15, 0.2) is 7.05 Å².